The molecule has 0 aliphatic heterocycles. The van der Waals surface area contributed by atoms with Gasteiger partial charge in [0, 0.05) is 5.56 Å². The molecule has 4 nitrogen and oxygen atoms in total. The van der Waals surface area contributed by atoms with Gasteiger partial charge in [-0.15, -0.1) is 4.57 Å². The molecular formula is C25H20NO3+. The minimum Gasteiger partial charge on any atom is -0.459 e. The van der Waals surface area contributed by atoms with Crippen molar-refractivity contribution in [3.63, 3.8) is 0 Å². The Hall–Kier alpha value is -3.92. The molecule has 1 N–H and O–H groups in total. The summed E-state index contributed by atoms with van der Waals surface area (Å²) >= 11 is 0. The van der Waals surface area contributed by atoms with Crippen LogP contribution in [-0.2, 0) is 6.54 Å². The van der Waals surface area contributed by atoms with E-state index in [2.05, 4.69) is 0 Å². The molecule has 0 atom stereocenters. The first-order valence-corrected chi connectivity index (χ1v) is 9.35. The fraction of sp³-hybridized carbons (Fsp3) is 0.0400. The van der Waals surface area contributed by atoms with Crippen LogP contribution in [0.15, 0.2) is 100 Å². The van der Waals surface area contributed by atoms with E-state index in [9.17, 15) is 9.90 Å². The van der Waals surface area contributed by atoms with Crippen molar-refractivity contribution >= 4 is 12.2 Å². The van der Waals surface area contributed by atoms with Crippen LogP contribution in [0.1, 0.15) is 17.0 Å². The first-order valence-electron chi connectivity index (χ1n) is 9.35. The molecule has 4 aromatic rings. The summed E-state index contributed by atoms with van der Waals surface area (Å²) in [5.74, 6) is 0.156. The number of aromatic nitrogens is 1. The van der Waals surface area contributed by atoms with Gasteiger partial charge in [0.15, 0.2) is 12.1 Å². The van der Waals surface area contributed by atoms with Crippen molar-refractivity contribution < 1.29 is 14.1 Å². The molecule has 142 valence electrons. The van der Waals surface area contributed by atoms with E-state index >= 15 is 0 Å². The van der Waals surface area contributed by atoms with Gasteiger partial charge in [-0.1, -0.05) is 91.0 Å². The van der Waals surface area contributed by atoms with Crippen LogP contribution in [0.4, 0.5) is 0 Å². The smallest absolute Gasteiger partial charge is 0.384 e. The lowest BCUT2D eigenvalue weighted by Gasteiger charge is -2.06. The van der Waals surface area contributed by atoms with E-state index in [1.807, 2.05) is 84.9 Å². The third kappa shape index (κ3) is 4.17. The first-order chi connectivity index (χ1) is 14.2. The lowest BCUT2D eigenvalue weighted by molar-refractivity contribution is -0.705. The molecule has 0 amide bonds. The zero-order valence-corrected chi connectivity index (χ0v) is 15.7. The fourth-order valence-electron chi connectivity index (χ4n) is 3.16. The molecule has 0 aliphatic rings. The van der Waals surface area contributed by atoms with Gasteiger partial charge in [-0.05, 0) is 17.2 Å². The van der Waals surface area contributed by atoms with Gasteiger partial charge in [0.25, 0.3) is 0 Å². The summed E-state index contributed by atoms with van der Waals surface area (Å²) in [5, 5.41) is 11.0. The largest absolute Gasteiger partial charge is 0.459 e. The van der Waals surface area contributed by atoms with Gasteiger partial charge < -0.3 is 9.52 Å². The molecule has 1 heterocycles. The maximum atomic E-state index is 12.7. The van der Waals surface area contributed by atoms with E-state index in [0.29, 0.717) is 12.1 Å². The molecule has 4 rings (SSSR count). The van der Waals surface area contributed by atoms with Gasteiger partial charge in [-0.3, -0.25) is 0 Å². The van der Waals surface area contributed by atoms with Crippen LogP contribution >= 0.6 is 0 Å². The molecular weight excluding hydrogens is 362 g/mol. The average Bonchev–Trinajstić information content (AvgIpc) is 2.77. The Morgan fingerprint density at radius 2 is 1.38 bits per heavy atom. The molecule has 1 aromatic heterocycles. The maximum absolute atomic E-state index is 12.7. The molecule has 0 saturated carbocycles. The predicted octanol–water partition coefficient (Wildman–Crippen LogP) is 4.52. The number of benzene rings is 3. The molecule has 0 unspecified atom stereocenters. The van der Waals surface area contributed by atoms with Gasteiger partial charge in [0.05, 0.1) is 6.08 Å². The van der Waals surface area contributed by atoms with Crippen molar-refractivity contribution in [1.29, 1.82) is 0 Å². The molecule has 0 spiro atoms. The van der Waals surface area contributed by atoms with Crippen molar-refractivity contribution in [1.82, 2.24) is 0 Å². The lowest BCUT2D eigenvalue weighted by Crippen LogP contribution is -2.40. The van der Waals surface area contributed by atoms with Crippen molar-refractivity contribution in [3.05, 3.63) is 118 Å². The van der Waals surface area contributed by atoms with Crippen molar-refractivity contribution in [2.45, 2.75) is 6.54 Å². The summed E-state index contributed by atoms with van der Waals surface area (Å²) in [6, 6.07) is 28.5. The van der Waals surface area contributed by atoms with Gasteiger partial charge in [-0.25, -0.2) is 4.79 Å². The van der Waals surface area contributed by atoms with Crippen molar-refractivity contribution in [2.75, 3.05) is 0 Å². The second kappa shape index (κ2) is 8.40. The highest BCUT2D eigenvalue weighted by Crippen LogP contribution is 2.23. The number of aromatic hydroxyl groups is 1. The molecule has 4 heteroatoms. The summed E-state index contributed by atoms with van der Waals surface area (Å²) < 4.78 is 7.24. The van der Waals surface area contributed by atoms with Crippen LogP contribution in [0.25, 0.3) is 23.3 Å². The first kappa shape index (κ1) is 18.4. The zero-order chi connectivity index (χ0) is 20.1. The van der Waals surface area contributed by atoms with Crippen LogP contribution in [0.5, 0.6) is 5.88 Å². The number of hydrogen-bond acceptors (Lipinski definition) is 3. The Balaban J connectivity index is 1.85. The van der Waals surface area contributed by atoms with E-state index in [1.54, 1.807) is 22.8 Å². The molecule has 0 radical (unpaired) electrons. The van der Waals surface area contributed by atoms with Crippen molar-refractivity contribution in [2.24, 2.45) is 0 Å². The molecule has 0 bridgehead atoms. The topological polar surface area (TPSA) is 54.3 Å². The zero-order valence-electron chi connectivity index (χ0n) is 15.7. The summed E-state index contributed by atoms with van der Waals surface area (Å²) in [4.78, 5) is 12.7. The Labute approximate surface area is 168 Å². The molecule has 0 saturated heterocycles. The summed E-state index contributed by atoms with van der Waals surface area (Å²) in [7, 11) is 0. The van der Waals surface area contributed by atoms with E-state index < -0.39 is 5.63 Å². The Bertz CT molecular complexity index is 1180. The monoisotopic (exact) mass is 382 g/mol. The molecule has 29 heavy (non-hydrogen) atoms. The Morgan fingerprint density at radius 1 is 0.793 bits per heavy atom. The predicted molar refractivity (Wildman–Crippen MR) is 113 cm³/mol. The van der Waals surface area contributed by atoms with Gasteiger partial charge in [-0.2, -0.15) is 0 Å². The minimum atomic E-state index is -0.578. The normalized spacial score (nSPS) is 11.0. The molecule has 0 fully saturated rings. The van der Waals surface area contributed by atoms with E-state index in [-0.39, 0.29) is 17.3 Å². The lowest BCUT2D eigenvalue weighted by atomic mass is 10.1. The van der Waals surface area contributed by atoms with Crippen LogP contribution in [0.2, 0.25) is 0 Å². The van der Waals surface area contributed by atoms with Gasteiger partial charge in [0.2, 0.25) is 0 Å². The third-order valence-corrected chi connectivity index (χ3v) is 4.61. The van der Waals surface area contributed by atoms with Gasteiger partial charge >= 0.3 is 17.4 Å². The Morgan fingerprint density at radius 3 is 2.03 bits per heavy atom. The Kier molecular flexibility index (Phi) is 5.34. The van der Waals surface area contributed by atoms with Crippen LogP contribution in [0.3, 0.4) is 0 Å². The highest BCUT2D eigenvalue weighted by Gasteiger charge is 2.27. The summed E-state index contributed by atoms with van der Waals surface area (Å²) in [5.41, 5.74) is 2.13. The number of rotatable bonds is 5. The highest BCUT2D eigenvalue weighted by atomic mass is 16.4. The summed E-state index contributed by atoms with van der Waals surface area (Å²) in [6.45, 7) is 0.366. The number of hydrogen-bond donors (Lipinski definition) is 1. The van der Waals surface area contributed by atoms with Crippen LogP contribution in [0, 0.1) is 0 Å². The standard InChI is InChI=1S/C25H19NO3/c27-24-23(21-14-8-3-9-15-21)25(28)29-22(17-16-19-10-4-1-5-11-19)26(24)18-20-12-6-2-7-13-20/h1-17H,18H2/p+1/b17-16+. The second-order valence-corrected chi connectivity index (χ2v) is 6.61. The minimum absolute atomic E-state index is 0.121. The third-order valence-electron chi connectivity index (χ3n) is 4.61. The quantitative estimate of drug-likeness (QED) is 0.517. The van der Waals surface area contributed by atoms with Crippen molar-refractivity contribution in [3.8, 4) is 17.0 Å². The number of nitrogens with zero attached hydrogens (tertiary/aromatic N) is 1. The highest BCUT2D eigenvalue weighted by molar-refractivity contribution is 5.67. The summed E-state index contributed by atoms with van der Waals surface area (Å²) in [6.07, 6.45) is 3.55. The molecule has 3 aromatic carbocycles. The SMILES string of the molecule is O=c1oc(/C=C/c2ccccc2)[n+](Cc2ccccc2)c(O)c1-c1ccccc1. The maximum Gasteiger partial charge on any atom is 0.384 e. The van der Waals surface area contributed by atoms with E-state index in [4.69, 9.17) is 4.42 Å². The van der Waals surface area contributed by atoms with E-state index in [0.717, 1.165) is 11.1 Å². The van der Waals surface area contributed by atoms with Gasteiger partial charge in [0.1, 0.15) is 0 Å². The van der Waals surface area contributed by atoms with Crippen LogP contribution < -0.4 is 10.2 Å². The molecule has 0 aliphatic carbocycles. The van der Waals surface area contributed by atoms with Crippen LogP contribution in [-0.4, -0.2) is 5.11 Å². The van der Waals surface area contributed by atoms with E-state index in [1.165, 1.54) is 0 Å². The second-order valence-electron chi connectivity index (χ2n) is 6.61. The average molecular weight is 382 g/mol. The fourth-order valence-corrected chi connectivity index (χ4v) is 3.16.